The number of alkyl carbamates (subject to hydrolysis) is 1. The zero-order valence-electron chi connectivity index (χ0n) is 12.2. The predicted octanol–water partition coefficient (Wildman–Crippen LogP) is 3.04. The lowest BCUT2D eigenvalue weighted by atomic mass is 10.2. The average Bonchev–Trinajstić information content (AvgIpc) is 3.30. The van der Waals surface area contributed by atoms with Gasteiger partial charge in [-0.1, -0.05) is 18.2 Å². The van der Waals surface area contributed by atoms with Crippen LogP contribution in [0.1, 0.15) is 26.2 Å². The van der Waals surface area contributed by atoms with Crippen molar-refractivity contribution in [3.05, 3.63) is 30.3 Å². The normalized spacial score (nSPS) is 13.8. The molecule has 20 heavy (non-hydrogen) atoms. The molecule has 0 radical (unpaired) electrons. The van der Waals surface area contributed by atoms with Crippen LogP contribution >= 0.6 is 0 Å². The van der Waals surface area contributed by atoms with E-state index in [4.69, 9.17) is 4.74 Å². The molecule has 0 aromatic heterocycles. The SMILES string of the molecule is CCN(CCCNC(=O)OCC1CC1)c1ccccc1. The molecule has 1 saturated carbocycles. The highest BCUT2D eigenvalue weighted by Gasteiger charge is 2.22. The van der Waals surface area contributed by atoms with Gasteiger partial charge in [0, 0.05) is 25.3 Å². The minimum atomic E-state index is -0.278. The van der Waals surface area contributed by atoms with E-state index in [1.807, 2.05) is 18.2 Å². The van der Waals surface area contributed by atoms with Crippen LogP contribution in [0.15, 0.2) is 30.3 Å². The molecule has 1 aromatic carbocycles. The molecular formula is C16H24N2O2. The van der Waals surface area contributed by atoms with E-state index in [1.165, 1.54) is 18.5 Å². The minimum Gasteiger partial charge on any atom is -0.449 e. The Morgan fingerprint density at radius 2 is 2.10 bits per heavy atom. The van der Waals surface area contributed by atoms with Gasteiger partial charge in [0.05, 0.1) is 6.61 Å². The molecule has 110 valence electrons. The number of nitrogens with zero attached hydrogens (tertiary/aromatic N) is 1. The second-order valence-corrected chi connectivity index (χ2v) is 5.24. The Bertz CT molecular complexity index is 404. The van der Waals surface area contributed by atoms with E-state index in [0.29, 0.717) is 19.1 Å². The molecule has 0 atom stereocenters. The Morgan fingerprint density at radius 3 is 2.75 bits per heavy atom. The summed E-state index contributed by atoms with van der Waals surface area (Å²) in [6.07, 6.45) is 3.05. The first-order valence-corrected chi connectivity index (χ1v) is 7.50. The molecule has 0 aliphatic heterocycles. The summed E-state index contributed by atoms with van der Waals surface area (Å²) in [5.74, 6) is 0.620. The summed E-state index contributed by atoms with van der Waals surface area (Å²) in [7, 11) is 0. The third kappa shape index (κ3) is 5.11. The maximum absolute atomic E-state index is 11.4. The van der Waals surface area contributed by atoms with E-state index in [1.54, 1.807) is 0 Å². The lowest BCUT2D eigenvalue weighted by Crippen LogP contribution is -2.30. The first-order valence-electron chi connectivity index (χ1n) is 7.50. The molecule has 1 aliphatic rings. The highest BCUT2D eigenvalue weighted by Crippen LogP contribution is 2.28. The lowest BCUT2D eigenvalue weighted by molar-refractivity contribution is 0.141. The fourth-order valence-corrected chi connectivity index (χ4v) is 2.10. The number of nitrogens with one attached hydrogen (secondary N) is 1. The van der Waals surface area contributed by atoms with Gasteiger partial charge in [0.2, 0.25) is 0 Å². The van der Waals surface area contributed by atoms with Gasteiger partial charge in [0.15, 0.2) is 0 Å². The molecule has 2 rings (SSSR count). The van der Waals surface area contributed by atoms with Crippen molar-refractivity contribution in [1.82, 2.24) is 5.32 Å². The van der Waals surface area contributed by atoms with Crippen LogP contribution in [0.3, 0.4) is 0 Å². The lowest BCUT2D eigenvalue weighted by Gasteiger charge is -2.23. The molecule has 4 heteroatoms. The summed E-state index contributed by atoms with van der Waals surface area (Å²) in [5, 5.41) is 2.81. The maximum atomic E-state index is 11.4. The van der Waals surface area contributed by atoms with E-state index < -0.39 is 0 Å². The summed E-state index contributed by atoms with van der Waals surface area (Å²) in [6.45, 7) is 5.29. The second kappa shape index (κ2) is 7.78. The quantitative estimate of drug-likeness (QED) is 0.742. The summed E-state index contributed by atoms with van der Waals surface area (Å²) in [6, 6.07) is 10.3. The van der Waals surface area contributed by atoms with Gasteiger partial charge in [-0.15, -0.1) is 0 Å². The van der Waals surface area contributed by atoms with Crippen LogP contribution < -0.4 is 10.2 Å². The van der Waals surface area contributed by atoms with Crippen LogP contribution in [0.4, 0.5) is 10.5 Å². The molecule has 0 bridgehead atoms. The summed E-state index contributed by atoms with van der Waals surface area (Å²) in [4.78, 5) is 13.7. The first-order chi connectivity index (χ1) is 9.79. The molecule has 1 aromatic rings. The van der Waals surface area contributed by atoms with Crippen molar-refractivity contribution < 1.29 is 9.53 Å². The van der Waals surface area contributed by atoms with Crippen LogP contribution in [-0.4, -0.2) is 32.3 Å². The van der Waals surface area contributed by atoms with Gasteiger partial charge in [-0.25, -0.2) is 4.79 Å². The average molecular weight is 276 g/mol. The number of ether oxygens (including phenoxy) is 1. The Labute approximate surface area is 121 Å². The summed E-state index contributed by atoms with van der Waals surface area (Å²) in [5.41, 5.74) is 1.23. The van der Waals surface area contributed by atoms with Crippen molar-refractivity contribution in [3.63, 3.8) is 0 Å². The van der Waals surface area contributed by atoms with Crippen molar-refractivity contribution >= 4 is 11.8 Å². The minimum absolute atomic E-state index is 0.278. The maximum Gasteiger partial charge on any atom is 0.407 e. The highest BCUT2D eigenvalue weighted by molar-refractivity contribution is 5.67. The van der Waals surface area contributed by atoms with Crippen molar-refractivity contribution in [3.8, 4) is 0 Å². The standard InChI is InChI=1S/C16H24N2O2/c1-2-18(15-7-4-3-5-8-15)12-6-11-17-16(19)20-13-14-9-10-14/h3-5,7-8,14H,2,6,9-13H2,1H3,(H,17,19). The molecule has 4 nitrogen and oxygen atoms in total. The monoisotopic (exact) mass is 276 g/mol. The predicted molar refractivity (Wildman–Crippen MR) is 81.0 cm³/mol. The molecule has 0 unspecified atom stereocenters. The van der Waals surface area contributed by atoms with Crippen molar-refractivity contribution in [2.45, 2.75) is 26.2 Å². The van der Waals surface area contributed by atoms with E-state index in [9.17, 15) is 4.79 Å². The van der Waals surface area contributed by atoms with Gasteiger partial charge >= 0.3 is 6.09 Å². The number of carbonyl (C=O) groups excluding carboxylic acids is 1. The number of benzene rings is 1. The summed E-state index contributed by atoms with van der Waals surface area (Å²) >= 11 is 0. The Balaban J connectivity index is 1.60. The van der Waals surface area contributed by atoms with E-state index in [2.05, 4.69) is 29.3 Å². The summed E-state index contributed by atoms with van der Waals surface area (Å²) < 4.78 is 5.12. The molecular weight excluding hydrogens is 252 g/mol. The second-order valence-electron chi connectivity index (χ2n) is 5.24. The molecule has 1 aliphatic carbocycles. The molecule has 1 N–H and O–H groups in total. The van der Waals surface area contributed by atoms with Gasteiger partial charge in [-0.05, 0) is 44.2 Å². The van der Waals surface area contributed by atoms with Crippen molar-refractivity contribution in [2.75, 3.05) is 31.1 Å². The van der Waals surface area contributed by atoms with E-state index in [-0.39, 0.29) is 6.09 Å². The third-order valence-corrected chi connectivity index (χ3v) is 3.52. The number of amides is 1. The third-order valence-electron chi connectivity index (χ3n) is 3.52. The van der Waals surface area contributed by atoms with Gasteiger partial charge < -0.3 is 15.0 Å². The first kappa shape index (κ1) is 14.7. The molecule has 0 saturated heterocycles. The van der Waals surface area contributed by atoms with Crippen LogP contribution in [0.25, 0.3) is 0 Å². The smallest absolute Gasteiger partial charge is 0.407 e. The van der Waals surface area contributed by atoms with Gasteiger partial charge in [0.1, 0.15) is 0 Å². The van der Waals surface area contributed by atoms with Crippen LogP contribution in [0.5, 0.6) is 0 Å². The van der Waals surface area contributed by atoms with Gasteiger partial charge in [-0.3, -0.25) is 0 Å². The Kier molecular flexibility index (Phi) is 5.71. The number of hydrogen-bond acceptors (Lipinski definition) is 3. The van der Waals surface area contributed by atoms with Crippen molar-refractivity contribution in [2.24, 2.45) is 5.92 Å². The molecule has 1 fully saturated rings. The molecule has 1 amide bonds. The number of carbonyl (C=O) groups is 1. The van der Waals surface area contributed by atoms with Crippen LogP contribution in [-0.2, 0) is 4.74 Å². The number of rotatable bonds is 8. The number of anilines is 1. The zero-order chi connectivity index (χ0) is 14.2. The Morgan fingerprint density at radius 1 is 1.35 bits per heavy atom. The molecule has 0 heterocycles. The van der Waals surface area contributed by atoms with Gasteiger partial charge in [-0.2, -0.15) is 0 Å². The largest absolute Gasteiger partial charge is 0.449 e. The van der Waals surface area contributed by atoms with Crippen LogP contribution in [0.2, 0.25) is 0 Å². The number of para-hydroxylation sites is 1. The topological polar surface area (TPSA) is 41.6 Å². The van der Waals surface area contributed by atoms with E-state index >= 15 is 0 Å². The van der Waals surface area contributed by atoms with E-state index in [0.717, 1.165) is 19.5 Å². The zero-order valence-corrected chi connectivity index (χ0v) is 12.2. The highest BCUT2D eigenvalue weighted by atomic mass is 16.5. The Hall–Kier alpha value is -1.71. The van der Waals surface area contributed by atoms with Crippen LogP contribution in [0, 0.1) is 5.92 Å². The fourth-order valence-electron chi connectivity index (χ4n) is 2.10. The van der Waals surface area contributed by atoms with Crippen molar-refractivity contribution in [1.29, 1.82) is 0 Å². The number of hydrogen-bond donors (Lipinski definition) is 1. The van der Waals surface area contributed by atoms with Gasteiger partial charge in [0.25, 0.3) is 0 Å². The fraction of sp³-hybridized carbons (Fsp3) is 0.562. The molecule has 0 spiro atoms.